The molecule has 2 nitrogen and oxygen atoms in total. The van der Waals surface area contributed by atoms with E-state index in [1.54, 1.807) is 30.3 Å². The predicted octanol–water partition coefficient (Wildman–Crippen LogP) is 6.02. The lowest BCUT2D eigenvalue weighted by molar-refractivity contribution is -0.143. The van der Waals surface area contributed by atoms with Crippen LogP contribution in [0.3, 0.4) is 0 Å². The zero-order valence-corrected chi connectivity index (χ0v) is 12.4. The number of fused-ring (bicyclic) bond motifs is 1. The molecule has 0 aliphatic heterocycles. The first-order valence-electron chi connectivity index (χ1n) is 7.05. The van der Waals surface area contributed by atoms with Gasteiger partial charge in [-0.05, 0) is 36.4 Å². The first-order chi connectivity index (χ1) is 11.6. The molecule has 0 bridgehead atoms. The van der Waals surface area contributed by atoms with Crippen LogP contribution in [0.1, 0.15) is 11.1 Å². The van der Waals surface area contributed by atoms with Gasteiger partial charge in [-0.1, -0.05) is 18.2 Å². The molecule has 130 valence electrons. The van der Waals surface area contributed by atoms with E-state index in [4.69, 9.17) is 0 Å². The normalized spacial score (nSPS) is 12.4. The van der Waals surface area contributed by atoms with E-state index in [0.29, 0.717) is 17.6 Å². The van der Waals surface area contributed by atoms with Crippen LogP contribution in [0.25, 0.3) is 10.9 Å². The molecule has 1 aromatic heterocycles. The van der Waals surface area contributed by atoms with Gasteiger partial charge in [0.25, 0.3) is 0 Å². The quantitative estimate of drug-likeness (QED) is 0.568. The molecule has 0 spiro atoms. The summed E-state index contributed by atoms with van der Waals surface area (Å²) < 4.78 is 77.2. The standard InChI is InChI=1S/C17H10F6N2/c18-16(19,20)11-7-12(17(21,22)23)9-13(8-11)24-15-6-5-10-3-1-2-4-14(10)25-15/h1-9H,(H,24,25). The minimum Gasteiger partial charge on any atom is -0.340 e. The molecule has 3 rings (SSSR count). The lowest BCUT2D eigenvalue weighted by Gasteiger charge is -2.15. The molecule has 0 amide bonds. The van der Waals surface area contributed by atoms with Crippen molar-refractivity contribution in [3.8, 4) is 0 Å². The van der Waals surface area contributed by atoms with E-state index in [9.17, 15) is 26.3 Å². The molecule has 0 radical (unpaired) electrons. The number of hydrogen-bond donors (Lipinski definition) is 1. The topological polar surface area (TPSA) is 24.9 Å². The molecular weight excluding hydrogens is 346 g/mol. The van der Waals surface area contributed by atoms with E-state index in [1.165, 1.54) is 6.07 Å². The Hall–Kier alpha value is -2.77. The van der Waals surface area contributed by atoms with Gasteiger partial charge in [-0.3, -0.25) is 0 Å². The van der Waals surface area contributed by atoms with Gasteiger partial charge >= 0.3 is 12.4 Å². The lowest BCUT2D eigenvalue weighted by atomic mass is 10.1. The van der Waals surface area contributed by atoms with Crippen molar-refractivity contribution in [3.05, 3.63) is 65.7 Å². The summed E-state index contributed by atoms with van der Waals surface area (Å²) in [7, 11) is 0. The second kappa shape index (κ2) is 5.94. The number of alkyl halides is 6. The molecule has 0 aliphatic carbocycles. The molecule has 25 heavy (non-hydrogen) atoms. The van der Waals surface area contributed by atoms with E-state index < -0.39 is 23.5 Å². The van der Waals surface area contributed by atoms with Gasteiger partial charge < -0.3 is 5.32 Å². The molecule has 3 aromatic rings. The van der Waals surface area contributed by atoms with Gasteiger partial charge in [-0.25, -0.2) is 4.98 Å². The number of hydrogen-bond acceptors (Lipinski definition) is 2. The van der Waals surface area contributed by atoms with E-state index >= 15 is 0 Å². The highest BCUT2D eigenvalue weighted by Gasteiger charge is 2.36. The average Bonchev–Trinajstić information content (AvgIpc) is 2.53. The molecule has 0 fully saturated rings. The second-order valence-electron chi connectivity index (χ2n) is 5.31. The minimum absolute atomic E-state index is 0.0823. The van der Waals surface area contributed by atoms with Gasteiger partial charge in [-0.15, -0.1) is 0 Å². The fourth-order valence-electron chi connectivity index (χ4n) is 2.31. The smallest absolute Gasteiger partial charge is 0.340 e. The van der Waals surface area contributed by atoms with Crippen LogP contribution in [0.2, 0.25) is 0 Å². The van der Waals surface area contributed by atoms with Gasteiger partial charge in [0.15, 0.2) is 0 Å². The highest BCUT2D eigenvalue weighted by Crippen LogP contribution is 2.38. The third kappa shape index (κ3) is 3.84. The summed E-state index contributed by atoms with van der Waals surface area (Å²) in [5.41, 5.74) is -2.54. The number of pyridine rings is 1. The maximum atomic E-state index is 12.9. The first-order valence-corrected chi connectivity index (χ1v) is 7.05. The molecule has 8 heteroatoms. The monoisotopic (exact) mass is 356 g/mol. The maximum Gasteiger partial charge on any atom is 0.416 e. The van der Waals surface area contributed by atoms with Crippen LogP contribution < -0.4 is 5.32 Å². The zero-order valence-electron chi connectivity index (χ0n) is 12.4. The summed E-state index contributed by atoms with van der Waals surface area (Å²) in [6, 6.07) is 11.5. The van der Waals surface area contributed by atoms with Crippen LogP contribution in [-0.4, -0.2) is 4.98 Å². The fourth-order valence-corrected chi connectivity index (χ4v) is 2.31. The van der Waals surface area contributed by atoms with Crippen molar-refractivity contribution in [3.63, 3.8) is 0 Å². The highest BCUT2D eigenvalue weighted by molar-refractivity contribution is 5.80. The van der Waals surface area contributed by atoms with Crippen LogP contribution in [0.5, 0.6) is 0 Å². The number of nitrogens with zero attached hydrogens (tertiary/aromatic N) is 1. The van der Waals surface area contributed by atoms with Crippen molar-refractivity contribution >= 4 is 22.4 Å². The summed E-state index contributed by atoms with van der Waals surface area (Å²) in [5.74, 6) is 0.145. The molecule has 0 aliphatic rings. The van der Waals surface area contributed by atoms with E-state index in [2.05, 4.69) is 10.3 Å². The average molecular weight is 356 g/mol. The summed E-state index contributed by atoms with van der Waals surface area (Å²) in [4.78, 5) is 4.18. The van der Waals surface area contributed by atoms with Crippen molar-refractivity contribution in [2.45, 2.75) is 12.4 Å². The van der Waals surface area contributed by atoms with Gasteiger partial charge in [0, 0.05) is 11.1 Å². The highest BCUT2D eigenvalue weighted by atomic mass is 19.4. The molecule has 0 unspecified atom stereocenters. The largest absolute Gasteiger partial charge is 0.416 e. The number of aromatic nitrogens is 1. The minimum atomic E-state index is -4.89. The molecule has 0 saturated carbocycles. The van der Waals surface area contributed by atoms with Crippen molar-refractivity contribution in [2.24, 2.45) is 0 Å². The summed E-state index contributed by atoms with van der Waals surface area (Å²) in [6.07, 6.45) is -9.79. The Balaban J connectivity index is 2.03. The number of benzene rings is 2. The van der Waals surface area contributed by atoms with Gasteiger partial charge in [-0.2, -0.15) is 26.3 Å². The van der Waals surface area contributed by atoms with Crippen molar-refractivity contribution < 1.29 is 26.3 Å². The Labute approximate surface area is 138 Å². The summed E-state index contributed by atoms with van der Waals surface area (Å²) >= 11 is 0. The Bertz CT molecular complexity index is 883. The Morgan fingerprint density at radius 2 is 1.32 bits per heavy atom. The number of para-hydroxylation sites is 1. The molecule has 0 saturated heterocycles. The van der Waals surface area contributed by atoms with Crippen LogP contribution in [0.15, 0.2) is 54.6 Å². The van der Waals surface area contributed by atoms with E-state index in [1.807, 2.05) is 0 Å². The Morgan fingerprint density at radius 1 is 0.720 bits per heavy atom. The number of halogens is 6. The van der Waals surface area contributed by atoms with Crippen molar-refractivity contribution in [2.75, 3.05) is 5.32 Å². The SMILES string of the molecule is FC(F)(F)c1cc(Nc2ccc3ccccc3n2)cc(C(F)(F)F)c1. The Morgan fingerprint density at radius 3 is 1.92 bits per heavy atom. The first kappa shape index (κ1) is 17.1. The fraction of sp³-hybridized carbons (Fsp3) is 0.118. The molecule has 0 atom stereocenters. The van der Waals surface area contributed by atoms with Gasteiger partial charge in [0.1, 0.15) is 5.82 Å². The molecule has 2 aromatic carbocycles. The molecular formula is C17H10F6N2. The van der Waals surface area contributed by atoms with Crippen LogP contribution in [0, 0.1) is 0 Å². The predicted molar refractivity (Wildman–Crippen MR) is 81.5 cm³/mol. The molecule has 1 N–H and O–H groups in total. The summed E-state index contributed by atoms with van der Waals surface area (Å²) in [5, 5.41) is 3.31. The Kier molecular flexibility index (Phi) is 4.06. The second-order valence-corrected chi connectivity index (χ2v) is 5.31. The number of rotatable bonds is 2. The van der Waals surface area contributed by atoms with Gasteiger partial charge in [0.05, 0.1) is 16.6 Å². The van der Waals surface area contributed by atoms with Crippen LogP contribution >= 0.6 is 0 Å². The zero-order chi connectivity index (χ0) is 18.2. The van der Waals surface area contributed by atoms with Crippen LogP contribution in [0.4, 0.5) is 37.8 Å². The lowest BCUT2D eigenvalue weighted by Crippen LogP contribution is -2.11. The van der Waals surface area contributed by atoms with Crippen molar-refractivity contribution in [1.29, 1.82) is 0 Å². The van der Waals surface area contributed by atoms with Crippen molar-refractivity contribution in [1.82, 2.24) is 4.98 Å². The van der Waals surface area contributed by atoms with Gasteiger partial charge in [0.2, 0.25) is 0 Å². The number of nitrogens with one attached hydrogen (secondary N) is 1. The third-order valence-electron chi connectivity index (χ3n) is 3.46. The maximum absolute atomic E-state index is 12.9. The number of anilines is 2. The third-order valence-corrected chi connectivity index (χ3v) is 3.46. The van der Waals surface area contributed by atoms with E-state index in [0.717, 1.165) is 5.39 Å². The van der Waals surface area contributed by atoms with E-state index in [-0.39, 0.29) is 17.6 Å². The molecule has 1 heterocycles. The summed E-state index contributed by atoms with van der Waals surface area (Å²) in [6.45, 7) is 0. The van der Waals surface area contributed by atoms with Crippen LogP contribution in [-0.2, 0) is 12.4 Å².